The Morgan fingerprint density at radius 1 is 0.727 bits per heavy atom. The van der Waals surface area contributed by atoms with E-state index in [-0.39, 0.29) is 87.4 Å². The van der Waals surface area contributed by atoms with Crippen LogP contribution in [0.2, 0.25) is 0 Å². The molecular weight excluding hydrogens is 606 g/mol. The van der Waals surface area contributed by atoms with Gasteiger partial charge in [-0.05, 0) is 104 Å². The molecule has 5 N–H and O–H groups in total. The third-order valence-electron chi connectivity index (χ3n) is 6.56. The largest absolute Gasteiger partial charge is 1.00 e. The van der Waals surface area contributed by atoms with Gasteiger partial charge in [0.15, 0.2) is 0 Å². The van der Waals surface area contributed by atoms with Gasteiger partial charge in [-0.3, -0.25) is 4.55 Å². The number of azo groups is 2. The van der Waals surface area contributed by atoms with Crippen LogP contribution in [0.25, 0.3) is 11.1 Å². The minimum Gasteiger partial charge on any atom is -0.872 e. The molecule has 0 aliphatic heterocycles. The Hall–Kier alpha value is -3.14. The molecule has 0 atom stereocenters. The van der Waals surface area contributed by atoms with Crippen LogP contribution in [0, 0.1) is 27.7 Å². The molecule has 0 unspecified atom stereocenters. The number of nitrogens with two attached hydrogens (primary N) is 2. The van der Waals surface area contributed by atoms with E-state index in [0.29, 0.717) is 16.9 Å². The van der Waals surface area contributed by atoms with E-state index in [0.717, 1.165) is 28.3 Å². The molecule has 0 fully saturated rings. The number of nitrogens with zero attached hydrogens (tertiary/aromatic N) is 4. The second kappa shape index (κ2) is 14.8. The number of nitrogen functional groups attached to an aromatic ring is 2. The van der Waals surface area contributed by atoms with Crippen LogP contribution in [0.4, 0.5) is 34.1 Å². The molecule has 0 amide bonds. The number of carboxylic acid groups (broad SMARTS) is 1. The summed E-state index contributed by atoms with van der Waals surface area (Å²) in [5.41, 5.74) is 16.5. The third kappa shape index (κ3) is 8.11. The Morgan fingerprint density at radius 3 is 1.73 bits per heavy atom. The SMILES string of the molecule is Cc1cc(-c2ccc(N=Nc3c(N)c(C)cc(S(=O)(=O)O)c3N)c(C)c2)ccc1N=Nc1cc(C)c([O-])c(C(=O)[O-])c1.[Na+].[Na+]. The Morgan fingerprint density at radius 2 is 1.25 bits per heavy atom. The van der Waals surface area contributed by atoms with Gasteiger partial charge in [0.2, 0.25) is 0 Å². The van der Waals surface area contributed by atoms with Gasteiger partial charge in [-0.15, -0.1) is 5.11 Å². The van der Waals surface area contributed by atoms with Crippen LogP contribution < -0.4 is 80.8 Å². The maximum Gasteiger partial charge on any atom is 1.00 e. The molecule has 0 saturated carbocycles. The van der Waals surface area contributed by atoms with Crippen molar-refractivity contribution in [3.8, 4) is 16.9 Å². The van der Waals surface area contributed by atoms with Gasteiger partial charge in [0, 0.05) is 0 Å². The number of carbonyl (C=O) groups excluding carboxylic acids is 1. The van der Waals surface area contributed by atoms with Crippen LogP contribution in [0.15, 0.2) is 79.9 Å². The van der Waals surface area contributed by atoms with Crippen LogP contribution >= 0.6 is 0 Å². The first-order chi connectivity index (χ1) is 19.7. The van der Waals surface area contributed by atoms with Gasteiger partial charge in [0.05, 0.1) is 34.4 Å². The Bertz CT molecular complexity index is 1930. The molecule has 0 aliphatic carbocycles. The summed E-state index contributed by atoms with van der Waals surface area (Å²) in [5.74, 6) is -2.19. The number of carbonyl (C=O) groups is 1. The van der Waals surface area contributed by atoms with Crippen molar-refractivity contribution in [3.05, 3.63) is 82.4 Å². The summed E-state index contributed by atoms with van der Waals surface area (Å²) in [4.78, 5) is 10.7. The summed E-state index contributed by atoms with van der Waals surface area (Å²) < 4.78 is 32.9. The molecule has 4 aromatic rings. The first-order valence-corrected chi connectivity index (χ1v) is 13.9. The smallest absolute Gasteiger partial charge is 0.872 e. The fraction of sp³-hybridized carbons (Fsp3) is 0.138. The fourth-order valence-corrected chi connectivity index (χ4v) is 4.90. The maximum atomic E-state index is 12.0. The van der Waals surface area contributed by atoms with Crippen molar-refractivity contribution in [3.63, 3.8) is 0 Å². The van der Waals surface area contributed by atoms with Crippen molar-refractivity contribution in [2.24, 2.45) is 20.5 Å². The standard InChI is InChI=1S/C29H28N6O6S.2Na/c1-14-9-18(5-7-22(14)33-32-20-11-17(4)28(36)21(13-20)29(37)38)19-6-8-23(15(2)10-19)34-35-27-25(30)16(3)12-24(26(27)31)42(39,40)41;;/h5-13,36H,30-31H2,1-4H3,(H,37,38)(H,39,40,41);;/q;2*+1/p-2. The number of aromatic carboxylic acids is 1. The number of carboxylic acids is 1. The first-order valence-electron chi connectivity index (χ1n) is 12.4. The molecule has 0 bridgehead atoms. The molecule has 15 heteroatoms. The zero-order valence-electron chi connectivity index (χ0n) is 25.0. The van der Waals surface area contributed by atoms with Gasteiger partial charge >= 0.3 is 59.1 Å². The van der Waals surface area contributed by atoms with Crippen molar-refractivity contribution < 1.29 is 87.1 Å². The molecule has 12 nitrogen and oxygen atoms in total. The van der Waals surface area contributed by atoms with E-state index >= 15 is 0 Å². The zero-order valence-corrected chi connectivity index (χ0v) is 29.9. The van der Waals surface area contributed by atoms with Crippen molar-refractivity contribution in [1.29, 1.82) is 0 Å². The van der Waals surface area contributed by atoms with Crippen molar-refractivity contribution in [2.45, 2.75) is 32.6 Å². The predicted molar refractivity (Wildman–Crippen MR) is 154 cm³/mol. The number of aryl methyl sites for hydroxylation is 4. The van der Waals surface area contributed by atoms with Gasteiger partial charge in [0.25, 0.3) is 10.1 Å². The number of benzene rings is 4. The van der Waals surface area contributed by atoms with E-state index in [9.17, 15) is 28.0 Å². The van der Waals surface area contributed by atoms with Crippen molar-refractivity contribution in [2.75, 3.05) is 11.5 Å². The maximum absolute atomic E-state index is 12.0. The minimum absolute atomic E-state index is 0. The van der Waals surface area contributed by atoms with E-state index in [1.807, 2.05) is 38.1 Å². The van der Waals surface area contributed by atoms with E-state index in [2.05, 4.69) is 20.5 Å². The molecule has 4 rings (SSSR count). The molecule has 216 valence electrons. The summed E-state index contributed by atoms with van der Waals surface area (Å²) >= 11 is 0. The van der Waals surface area contributed by atoms with E-state index in [1.165, 1.54) is 19.1 Å². The van der Waals surface area contributed by atoms with Crippen LogP contribution in [-0.2, 0) is 10.1 Å². The number of hydrogen-bond donors (Lipinski definition) is 3. The Balaban J connectivity index is 0.00000337. The van der Waals surface area contributed by atoms with Crippen LogP contribution in [-0.4, -0.2) is 18.9 Å². The summed E-state index contributed by atoms with van der Waals surface area (Å²) in [6, 6.07) is 14.8. The topological polar surface area (TPSA) is 219 Å². The van der Waals surface area contributed by atoms with Gasteiger partial charge in [-0.25, -0.2) is 0 Å². The average molecular weight is 633 g/mol. The summed E-state index contributed by atoms with van der Waals surface area (Å²) in [6.45, 7) is 6.74. The molecule has 44 heavy (non-hydrogen) atoms. The molecule has 0 saturated heterocycles. The Kier molecular flexibility index (Phi) is 12.4. The zero-order chi connectivity index (χ0) is 30.9. The van der Waals surface area contributed by atoms with Gasteiger partial charge in [0.1, 0.15) is 10.6 Å². The third-order valence-corrected chi connectivity index (χ3v) is 7.46. The second-order valence-electron chi connectivity index (χ2n) is 9.67. The van der Waals surface area contributed by atoms with E-state index in [4.69, 9.17) is 11.5 Å². The molecule has 0 radical (unpaired) electrons. The molecule has 4 aromatic carbocycles. The normalized spacial score (nSPS) is 11.4. The number of hydrogen-bond acceptors (Lipinski definition) is 11. The predicted octanol–water partition coefficient (Wildman–Crippen LogP) is -0.726. The van der Waals surface area contributed by atoms with Crippen molar-refractivity contribution in [1.82, 2.24) is 0 Å². The first kappa shape index (κ1) is 37.0. The summed E-state index contributed by atoms with van der Waals surface area (Å²) in [7, 11) is -4.59. The van der Waals surface area contributed by atoms with E-state index < -0.39 is 32.3 Å². The molecule has 0 aliphatic rings. The average Bonchev–Trinajstić information content (AvgIpc) is 2.91. The van der Waals surface area contributed by atoms with Gasteiger partial charge in [-0.2, -0.15) is 23.8 Å². The molecule has 0 spiro atoms. The molecule has 0 aromatic heterocycles. The Labute approximate surface area is 298 Å². The molecular formula is C29H26N6Na2O6S. The quantitative estimate of drug-likeness (QED) is 0.102. The number of rotatable bonds is 7. The fourth-order valence-electron chi connectivity index (χ4n) is 4.20. The van der Waals surface area contributed by atoms with Crippen molar-refractivity contribution >= 4 is 50.2 Å². The van der Waals surface area contributed by atoms with Gasteiger partial charge < -0.3 is 26.5 Å². The monoisotopic (exact) mass is 632 g/mol. The summed E-state index contributed by atoms with van der Waals surface area (Å²) in [6.07, 6.45) is 0. The second-order valence-corrected chi connectivity index (χ2v) is 11.1. The van der Waals surface area contributed by atoms with Crippen LogP contribution in [0.1, 0.15) is 32.6 Å². The number of anilines is 2. The summed E-state index contributed by atoms with van der Waals surface area (Å²) in [5, 5.41) is 39.8. The van der Waals surface area contributed by atoms with Gasteiger partial charge in [-0.1, -0.05) is 23.4 Å². The van der Waals surface area contributed by atoms with Crippen LogP contribution in [0.5, 0.6) is 5.75 Å². The van der Waals surface area contributed by atoms with E-state index in [1.54, 1.807) is 19.1 Å². The molecule has 0 heterocycles. The van der Waals surface area contributed by atoms with Crippen LogP contribution in [0.3, 0.4) is 0 Å². The minimum atomic E-state index is -4.59.